The SMILES string of the molecule is COc1ccc2c(c1)c(C1O[C@H](COC(C)=O)[C@@H](OC(C)=O)[C@H](OC(C)=O)[C@H]1OC(C)=O)cn2C. The van der Waals surface area contributed by atoms with Crippen LogP contribution in [0.1, 0.15) is 39.4 Å². The van der Waals surface area contributed by atoms with Crippen LogP contribution >= 0.6 is 0 Å². The molecule has 1 aliphatic heterocycles. The van der Waals surface area contributed by atoms with Crippen LogP contribution in [0.15, 0.2) is 24.4 Å². The molecule has 0 radical (unpaired) electrons. The Morgan fingerprint density at radius 1 is 0.886 bits per heavy atom. The van der Waals surface area contributed by atoms with Gasteiger partial charge in [-0.1, -0.05) is 0 Å². The van der Waals surface area contributed by atoms with Crippen LogP contribution < -0.4 is 4.74 Å². The van der Waals surface area contributed by atoms with Gasteiger partial charge in [-0.25, -0.2) is 0 Å². The summed E-state index contributed by atoms with van der Waals surface area (Å²) in [5.41, 5.74) is 1.45. The van der Waals surface area contributed by atoms with Gasteiger partial charge in [0.25, 0.3) is 0 Å². The third-order valence-electron chi connectivity index (χ3n) is 5.52. The number of methoxy groups -OCH3 is 1. The molecule has 3 rings (SSSR count). The average molecular weight is 491 g/mol. The van der Waals surface area contributed by atoms with E-state index in [2.05, 4.69) is 0 Å². The van der Waals surface area contributed by atoms with Gasteiger partial charge < -0.3 is 33.0 Å². The van der Waals surface area contributed by atoms with E-state index in [9.17, 15) is 19.2 Å². The summed E-state index contributed by atoms with van der Waals surface area (Å²) in [6.07, 6.45) is -3.81. The van der Waals surface area contributed by atoms with E-state index in [1.165, 1.54) is 34.8 Å². The number of fused-ring (bicyclic) bond motifs is 1. The van der Waals surface area contributed by atoms with Gasteiger partial charge in [-0.15, -0.1) is 0 Å². The molecule has 1 aromatic carbocycles. The lowest BCUT2D eigenvalue weighted by Crippen LogP contribution is -2.59. The largest absolute Gasteiger partial charge is 0.497 e. The Morgan fingerprint density at radius 2 is 1.49 bits per heavy atom. The number of carbonyl (C=O) groups excluding carboxylic acids is 4. The van der Waals surface area contributed by atoms with Crippen LogP contribution in [0.2, 0.25) is 0 Å². The Hall–Kier alpha value is -3.60. The number of ether oxygens (including phenoxy) is 6. The lowest BCUT2D eigenvalue weighted by atomic mass is 9.90. The number of hydrogen-bond acceptors (Lipinski definition) is 10. The van der Waals surface area contributed by atoms with Crippen molar-refractivity contribution in [1.82, 2.24) is 4.57 Å². The van der Waals surface area contributed by atoms with E-state index >= 15 is 0 Å². The second-order valence-corrected chi connectivity index (χ2v) is 8.20. The predicted molar refractivity (Wildman–Crippen MR) is 120 cm³/mol. The summed E-state index contributed by atoms with van der Waals surface area (Å²) in [6.45, 7) is 4.51. The summed E-state index contributed by atoms with van der Waals surface area (Å²) in [5.74, 6) is -2.00. The molecule has 0 spiro atoms. The van der Waals surface area contributed by atoms with Crippen LogP contribution in [0.4, 0.5) is 0 Å². The lowest BCUT2D eigenvalue weighted by molar-refractivity contribution is -0.254. The monoisotopic (exact) mass is 491 g/mol. The summed E-state index contributed by atoms with van der Waals surface area (Å²) in [4.78, 5) is 47.6. The van der Waals surface area contributed by atoms with Crippen molar-refractivity contribution in [1.29, 1.82) is 0 Å². The van der Waals surface area contributed by atoms with E-state index < -0.39 is 54.4 Å². The maximum absolute atomic E-state index is 12.1. The number of hydrogen-bond donors (Lipinski definition) is 0. The summed E-state index contributed by atoms with van der Waals surface area (Å²) < 4.78 is 35.2. The van der Waals surface area contributed by atoms with Crippen molar-refractivity contribution >= 4 is 34.8 Å². The first kappa shape index (κ1) is 26.0. The molecule has 0 aliphatic carbocycles. The van der Waals surface area contributed by atoms with Crippen molar-refractivity contribution in [3.05, 3.63) is 30.0 Å². The molecule has 2 heterocycles. The van der Waals surface area contributed by atoms with Crippen LogP contribution in [-0.2, 0) is 49.9 Å². The first-order chi connectivity index (χ1) is 16.5. The number of rotatable bonds is 7. The van der Waals surface area contributed by atoms with Gasteiger partial charge in [-0.3, -0.25) is 19.2 Å². The van der Waals surface area contributed by atoms with Crippen molar-refractivity contribution in [2.45, 2.75) is 58.2 Å². The van der Waals surface area contributed by atoms with Crippen LogP contribution in [0.5, 0.6) is 5.75 Å². The van der Waals surface area contributed by atoms with Gasteiger partial charge in [0.2, 0.25) is 0 Å². The number of carbonyl (C=O) groups is 4. The fourth-order valence-corrected chi connectivity index (χ4v) is 4.23. The van der Waals surface area contributed by atoms with E-state index in [-0.39, 0.29) is 6.61 Å². The number of esters is 4. The molecule has 1 saturated heterocycles. The van der Waals surface area contributed by atoms with Crippen molar-refractivity contribution in [3.8, 4) is 5.75 Å². The fraction of sp³-hybridized carbons (Fsp3) is 0.500. The van der Waals surface area contributed by atoms with E-state index in [0.717, 1.165) is 10.9 Å². The van der Waals surface area contributed by atoms with E-state index in [1.54, 1.807) is 18.3 Å². The molecule has 1 unspecified atom stereocenters. The molecule has 0 bridgehead atoms. The summed E-state index contributed by atoms with van der Waals surface area (Å²) in [5, 5.41) is 0.743. The Morgan fingerprint density at radius 3 is 2.06 bits per heavy atom. The first-order valence-electron chi connectivity index (χ1n) is 10.9. The quantitative estimate of drug-likeness (QED) is 0.419. The highest BCUT2D eigenvalue weighted by Crippen LogP contribution is 2.41. The van der Waals surface area contributed by atoms with Crippen LogP contribution in [-0.4, -0.2) is 66.6 Å². The Kier molecular flexibility index (Phi) is 8.00. The number of aromatic nitrogens is 1. The van der Waals surface area contributed by atoms with Crippen molar-refractivity contribution in [3.63, 3.8) is 0 Å². The Bertz CT molecular complexity index is 1120. The molecule has 190 valence electrons. The molecule has 35 heavy (non-hydrogen) atoms. The predicted octanol–water partition coefficient (Wildman–Crippen LogP) is 1.98. The topological polar surface area (TPSA) is 129 Å². The summed E-state index contributed by atoms with van der Waals surface area (Å²) >= 11 is 0. The van der Waals surface area contributed by atoms with E-state index in [4.69, 9.17) is 28.4 Å². The summed E-state index contributed by atoms with van der Waals surface area (Å²) in [6, 6.07) is 5.47. The minimum Gasteiger partial charge on any atom is -0.497 e. The molecule has 5 atom stereocenters. The molecule has 0 amide bonds. The van der Waals surface area contributed by atoms with Crippen molar-refractivity contribution < 1.29 is 47.6 Å². The second-order valence-electron chi connectivity index (χ2n) is 8.20. The van der Waals surface area contributed by atoms with Gasteiger partial charge in [0.1, 0.15) is 24.6 Å². The number of aryl methyl sites for hydroxylation is 1. The summed E-state index contributed by atoms with van der Waals surface area (Å²) in [7, 11) is 3.38. The zero-order chi connectivity index (χ0) is 25.9. The molecular weight excluding hydrogens is 462 g/mol. The van der Waals surface area contributed by atoms with E-state index in [0.29, 0.717) is 11.3 Å². The number of benzene rings is 1. The van der Waals surface area contributed by atoms with Gasteiger partial charge >= 0.3 is 23.9 Å². The smallest absolute Gasteiger partial charge is 0.303 e. The minimum absolute atomic E-state index is 0.289. The maximum atomic E-state index is 12.1. The molecule has 0 N–H and O–H groups in total. The van der Waals surface area contributed by atoms with Crippen molar-refractivity contribution in [2.75, 3.05) is 13.7 Å². The zero-order valence-corrected chi connectivity index (χ0v) is 20.4. The van der Waals surface area contributed by atoms with Gasteiger partial charge in [0.05, 0.1) is 7.11 Å². The van der Waals surface area contributed by atoms with E-state index in [1.807, 2.05) is 17.7 Å². The second kappa shape index (κ2) is 10.8. The normalized spacial score (nSPS) is 23.9. The van der Waals surface area contributed by atoms with Crippen LogP contribution in [0.3, 0.4) is 0 Å². The molecule has 1 aromatic heterocycles. The number of nitrogens with zero attached hydrogens (tertiary/aromatic N) is 1. The van der Waals surface area contributed by atoms with Gasteiger partial charge in [0.15, 0.2) is 18.3 Å². The lowest BCUT2D eigenvalue weighted by Gasteiger charge is -2.44. The molecule has 11 nitrogen and oxygen atoms in total. The maximum Gasteiger partial charge on any atom is 0.303 e. The van der Waals surface area contributed by atoms with Gasteiger partial charge in [-0.05, 0) is 18.2 Å². The van der Waals surface area contributed by atoms with Gasteiger partial charge in [0, 0.05) is 57.4 Å². The fourth-order valence-electron chi connectivity index (χ4n) is 4.23. The highest BCUT2D eigenvalue weighted by Gasteiger charge is 2.53. The highest BCUT2D eigenvalue weighted by atomic mass is 16.7. The van der Waals surface area contributed by atoms with Crippen LogP contribution in [0.25, 0.3) is 10.9 Å². The zero-order valence-electron chi connectivity index (χ0n) is 20.4. The molecule has 0 saturated carbocycles. The molecular formula is C24H29NO10. The molecule has 2 aromatic rings. The van der Waals surface area contributed by atoms with Crippen molar-refractivity contribution in [2.24, 2.45) is 7.05 Å². The third-order valence-corrected chi connectivity index (χ3v) is 5.52. The Balaban J connectivity index is 2.18. The first-order valence-corrected chi connectivity index (χ1v) is 10.9. The highest BCUT2D eigenvalue weighted by molar-refractivity contribution is 5.86. The minimum atomic E-state index is -1.24. The molecule has 1 fully saturated rings. The third kappa shape index (κ3) is 5.91. The average Bonchev–Trinajstić information content (AvgIpc) is 3.09. The van der Waals surface area contributed by atoms with Crippen LogP contribution in [0, 0.1) is 0 Å². The Labute approximate surface area is 202 Å². The standard InChI is InChI=1S/C24H29NO10/c1-12(26)31-11-20-22(32-13(2)27)24(34-15(4)29)23(33-14(3)28)21(35-20)18-10-25(5)19-8-7-16(30-6)9-17(18)19/h7-10,20-24H,11H2,1-6H3/t20-,21?,22-,23+,24+/m1/s1. The molecule has 1 aliphatic rings. The van der Waals surface area contributed by atoms with Gasteiger partial charge in [-0.2, -0.15) is 0 Å². The molecule has 11 heteroatoms.